The molecule has 0 spiro atoms. The Bertz CT molecular complexity index is 748. The lowest BCUT2D eigenvalue weighted by molar-refractivity contribution is 0.0938. The monoisotopic (exact) mass is 461 g/mol. The molecule has 0 bridgehead atoms. The summed E-state index contributed by atoms with van der Waals surface area (Å²) in [6.07, 6.45) is 0. The van der Waals surface area contributed by atoms with E-state index in [-0.39, 0.29) is 19.0 Å². The summed E-state index contributed by atoms with van der Waals surface area (Å²) >= 11 is 9.55. The van der Waals surface area contributed by atoms with E-state index in [0.717, 1.165) is 10.0 Å². The van der Waals surface area contributed by atoms with Crippen LogP contribution in [-0.4, -0.2) is 38.6 Å². The summed E-state index contributed by atoms with van der Waals surface area (Å²) in [6, 6.07) is 8.01. The summed E-state index contributed by atoms with van der Waals surface area (Å²) in [4.78, 5) is 0. The molecule has 2 aromatic carbocycles. The molecule has 8 heteroatoms. The second-order valence-electron chi connectivity index (χ2n) is 5.65. The summed E-state index contributed by atoms with van der Waals surface area (Å²) in [7, 11) is 1.57. The molecule has 27 heavy (non-hydrogen) atoms. The van der Waals surface area contributed by atoms with E-state index in [0.29, 0.717) is 48.4 Å². The van der Waals surface area contributed by atoms with Crippen LogP contribution < -0.4 is 14.8 Å². The largest absolute Gasteiger partial charge is 0.493 e. The molecule has 0 atom stereocenters. The molecule has 0 fully saturated rings. The van der Waals surface area contributed by atoms with Gasteiger partial charge in [-0.1, -0.05) is 17.7 Å². The molecule has 0 aliphatic rings. The first kappa shape index (κ1) is 21.9. The predicted molar refractivity (Wildman–Crippen MR) is 106 cm³/mol. The molecule has 148 valence electrons. The van der Waals surface area contributed by atoms with Crippen molar-refractivity contribution in [3.8, 4) is 11.5 Å². The molecule has 2 N–H and O–H groups in total. The van der Waals surface area contributed by atoms with Crippen molar-refractivity contribution in [1.29, 1.82) is 0 Å². The van der Waals surface area contributed by atoms with Crippen LogP contribution in [0.1, 0.15) is 11.1 Å². The van der Waals surface area contributed by atoms with Gasteiger partial charge in [-0.05, 0) is 45.8 Å². The average molecular weight is 463 g/mol. The van der Waals surface area contributed by atoms with Crippen LogP contribution in [0, 0.1) is 5.82 Å². The third kappa shape index (κ3) is 6.93. The predicted octanol–water partition coefficient (Wildman–Crippen LogP) is 3.93. The van der Waals surface area contributed by atoms with Gasteiger partial charge >= 0.3 is 0 Å². The summed E-state index contributed by atoms with van der Waals surface area (Å²) in [5, 5.41) is 12.2. The minimum absolute atomic E-state index is 0.0226. The first-order valence-corrected chi connectivity index (χ1v) is 9.54. The van der Waals surface area contributed by atoms with Crippen molar-refractivity contribution < 1.29 is 23.7 Å². The van der Waals surface area contributed by atoms with E-state index >= 15 is 0 Å². The molecule has 0 aliphatic carbocycles. The lowest BCUT2D eigenvalue weighted by Gasteiger charge is -2.15. The van der Waals surface area contributed by atoms with Crippen LogP contribution in [-0.2, 0) is 17.9 Å². The van der Waals surface area contributed by atoms with Crippen molar-refractivity contribution in [3.63, 3.8) is 0 Å². The Hall–Kier alpha value is -1.38. The minimum Gasteiger partial charge on any atom is -0.493 e. The number of benzene rings is 2. The molecule has 0 unspecified atom stereocenters. The van der Waals surface area contributed by atoms with E-state index in [1.807, 2.05) is 12.1 Å². The number of ether oxygens (including phenoxy) is 3. The van der Waals surface area contributed by atoms with Crippen LogP contribution in [0.25, 0.3) is 0 Å². The topological polar surface area (TPSA) is 60.0 Å². The van der Waals surface area contributed by atoms with Crippen LogP contribution in [0.5, 0.6) is 11.5 Å². The molecule has 0 aliphatic heterocycles. The van der Waals surface area contributed by atoms with E-state index in [2.05, 4.69) is 21.2 Å². The van der Waals surface area contributed by atoms with E-state index in [1.165, 1.54) is 12.1 Å². The second-order valence-corrected chi connectivity index (χ2v) is 6.91. The quantitative estimate of drug-likeness (QED) is 0.496. The van der Waals surface area contributed by atoms with Gasteiger partial charge < -0.3 is 24.6 Å². The highest BCUT2D eigenvalue weighted by Gasteiger charge is 2.13. The number of hydrogen-bond acceptors (Lipinski definition) is 5. The van der Waals surface area contributed by atoms with Crippen molar-refractivity contribution in [3.05, 3.63) is 56.8 Å². The van der Waals surface area contributed by atoms with Crippen LogP contribution in [0.2, 0.25) is 5.02 Å². The second kappa shape index (κ2) is 11.5. The SMILES string of the molecule is COc1cc(CNCCOCCO)cc(Br)c1OCc1ccc(F)cc1Cl. The highest BCUT2D eigenvalue weighted by atomic mass is 79.9. The fourth-order valence-corrected chi connectivity index (χ4v) is 3.17. The number of rotatable bonds is 11. The molecule has 2 rings (SSSR count). The number of hydrogen-bond donors (Lipinski definition) is 2. The molecule has 0 aromatic heterocycles. The summed E-state index contributed by atoms with van der Waals surface area (Å²) in [6.45, 7) is 2.37. The Kier molecular flexibility index (Phi) is 9.30. The summed E-state index contributed by atoms with van der Waals surface area (Å²) in [5.74, 6) is 0.741. The fourth-order valence-electron chi connectivity index (χ4n) is 2.35. The third-order valence-electron chi connectivity index (χ3n) is 3.66. The number of aliphatic hydroxyl groups excluding tert-OH is 1. The van der Waals surface area contributed by atoms with E-state index in [9.17, 15) is 4.39 Å². The maximum absolute atomic E-state index is 13.1. The molecule has 5 nitrogen and oxygen atoms in total. The number of nitrogens with one attached hydrogen (secondary N) is 1. The van der Waals surface area contributed by atoms with Crippen LogP contribution >= 0.6 is 27.5 Å². The normalized spacial score (nSPS) is 10.9. The molecular weight excluding hydrogens is 441 g/mol. The van der Waals surface area contributed by atoms with Crippen LogP contribution in [0.3, 0.4) is 0 Å². The Balaban J connectivity index is 1.98. The molecule has 0 saturated carbocycles. The van der Waals surface area contributed by atoms with E-state index < -0.39 is 0 Å². The van der Waals surface area contributed by atoms with Crippen molar-refractivity contribution >= 4 is 27.5 Å². The lowest BCUT2D eigenvalue weighted by atomic mass is 10.2. The highest BCUT2D eigenvalue weighted by Crippen LogP contribution is 2.37. The maximum Gasteiger partial charge on any atom is 0.175 e. The van der Waals surface area contributed by atoms with E-state index in [4.69, 9.17) is 30.9 Å². The van der Waals surface area contributed by atoms with Gasteiger partial charge in [-0.25, -0.2) is 4.39 Å². The zero-order valence-electron chi connectivity index (χ0n) is 14.9. The van der Waals surface area contributed by atoms with Gasteiger partial charge in [0.2, 0.25) is 0 Å². The van der Waals surface area contributed by atoms with E-state index in [1.54, 1.807) is 13.2 Å². The van der Waals surface area contributed by atoms with Crippen molar-refractivity contribution in [2.75, 3.05) is 33.5 Å². The number of methoxy groups -OCH3 is 1. The molecule has 0 heterocycles. The van der Waals surface area contributed by atoms with Crippen LogP contribution in [0.4, 0.5) is 4.39 Å². The minimum atomic E-state index is -0.388. The van der Waals surface area contributed by atoms with Gasteiger partial charge in [0.1, 0.15) is 12.4 Å². The third-order valence-corrected chi connectivity index (χ3v) is 4.61. The summed E-state index contributed by atoms with van der Waals surface area (Å²) < 4.78 is 30.4. The zero-order valence-corrected chi connectivity index (χ0v) is 17.3. The Morgan fingerprint density at radius 1 is 1.22 bits per heavy atom. The molecule has 0 radical (unpaired) electrons. The van der Waals surface area contributed by atoms with Crippen molar-refractivity contribution in [2.24, 2.45) is 0 Å². The van der Waals surface area contributed by atoms with Gasteiger partial charge in [0.15, 0.2) is 11.5 Å². The van der Waals surface area contributed by atoms with Crippen molar-refractivity contribution in [1.82, 2.24) is 5.32 Å². The number of aliphatic hydroxyl groups is 1. The molecular formula is C19H22BrClFNO4. The van der Waals surface area contributed by atoms with Gasteiger partial charge in [-0.15, -0.1) is 0 Å². The van der Waals surface area contributed by atoms with Gasteiger partial charge in [0, 0.05) is 18.7 Å². The Morgan fingerprint density at radius 2 is 2.04 bits per heavy atom. The Labute approximate surface area is 171 Å². The van der Waals surface area contributed by atoms with Gasteiger partial charge in [0.25, 0.3) is 0 Å². The molecule has 2 aromatic rings. The van der Waals surface area contributed by atoms with Gasteiger partial charge in [-0.2, -0.15) is 0 Å². The lowest BCUT2D eigenvalue weighted by Crippen LogP contribution is -2.20. The number of halogens is 3. The smallest absolute Gasteiger partial charge is 0.175 e. The average Bonchev–Trinajstić information content (AvgIpc) is 2.64. The fraction of sp³-hybridized carbons (Fsp3) is 0.368. The first-order valence-electron chi connectivity index (χ1n) is 8.37. The van der Waals surface area contributed by atoms with Gasteiger partial charge in [-0.3, -0.25) is 0 Å². The molecule has 0 amide bonds. The zero-order chi connectivity index (χ0) is 19.6. The highest BCUT2D eigenvalue weighted by molar-refractivity contribution is 9.10. The first-order chi connectivity index (χ1) is 13.0. The van der Waals surface area contributed by atoms with Crippen LogP contribution in [0.15, 0.2) is 34.8 Å². The summed E-state index contributed by atoms with van der Waals surface area (Å²) in [5.41, 5.74) is 1.69. The van der Waals surface area contributed by atoms with Gasteiger partial charge in [0.05, 0.1) is 36.4 Å². The maximum atomic E-state index is 13.1. The molecule has 0 saturated heterocycles. The standard InChI is InChI=1S/C19H22BrClFNO4/c1-25-18-9-13(11-23-4-6-26-7-5-24)8-16(20)19(18)27-12-14-2-3-15(22)10-17(14)21/h2-3,8-10,23-24H,4-7,11-12H2,1H3. The Morgan fingerprint density at radius 3 is 2.74 bits per heavy atom. The van der Waals surface area contributed by atoms with Crippen molar-refractivity contribution in [2.45, 2.75) is 13.2 Å².